The molecule has 0 saturated heterocycles. The fourth-order valence-corrected chi connectivity index (χ4v) is 1.28. The molecule has 0 amide bonds. The molecule has 12 heavy (non-hydrogen) atoms. The van der Waals surface area contributed by atoms with Crippen molar-refractivity contribution in [2.75, 3.05) is 5.73 Å². The zero-order valence-corrected chi connectivity index (χ0v) is 8.68. The minimum Gasteiger partial charge on any atom is -0.398 e. The van der Waals surface area contributed by atoms with Crippen LogP contribution < -0.4 is 5.73 Å². The van der Waals surface area contributed by atoms with Gasteiger partial charge in [0.05, 0.1) is 0 Å². The van der Waals surface area contributed by atoms with Gasteiger partial charge >= 0.3 is 17.1 Å². The van der Waals surface area contributed by atoms with Crippen LogP contribution in [0.3, 0.4) is 0 Å². The molecule has 66 valence electrons. The van der Waals surface area contributed by atoms with Crippen molar-refractivity contribution in [3.05, 3.63) is 29.3 Å². The van der Waals surface area contributed by atoms with E-state index in [1.54, 1.807) is 0 Å². The smallest absolute Gasteiger partial charge is 0.398 e. The van der Waals surface area contributed by atoms with Crippen molar-refractivity contribution >= 4 is 5.69 Å². The first-order valence-electron chi connectivity index (χ1n) is 4.15. The van der Waals surface area contributed by atoms with Gasteiger partial charge in [0.15, 0.2) is 0 Å². The van der Waals surface area contributed by atoms with Gasteiger partial charge in [-0.2, -0.15) is 0 Å². The predicted octanol–water partition coefficient (Wildman–Crippen LogP) is 2.39. The molecule has 0 heterocycles. The molecule has 1 rings (SSSR count). The Bertz CT molecular complexity index is 223. The molecule has 0 aliphatic rings. The van der Waals surface area contributed by atoms with Crippen molar-refractivity contribution < 1.29 is 17.1 Å². The topological polar surface area (TPSA) is 26.0 Å². The third-order valence-electron chi connectivity index (χ3n) is 2.05. The number of hydrogen-bond acceptors (Lipinski definition) is 1. The van der Waals surface area contributed by atoms with Crippen LogP contribution in [0.4, 0.5) is 5.69 Å². The summed E-state index contributed by atoms with van der Waals surface area (Å²) in [7, 11) is 0. The summed E-state index contributed by atoms with van der Waals surface area (Å²) in [5, 5.41) is 0. The van der Waals surface area contributed by atoms with Crippen LogP contribution in [0.5, 0.6) is 0 Å². The molecule has 0 aliphatic carbocycles. The van der Waals surface area contributed by atoms with Crippen LogP contribution in [0.25, 0.3) is 0 Å². The molecule has 0 unspecified atom stereocenters. The van der Waals surface area contributed by atoms with Crippen LogP contribution in [0.2, 0.25) is 0 Å². The minimum atomic E-state index is 0. The first-order valence-corrected chi connectivity index (χ1v) is 4.15. The average Bonchev–Trinajstić information content (AvgIpc) is 2.05. The molecule has 1 aromatic rings. The molecular formula is C10H15FeN+2. The molecule has 0 fully saturated rings. The van der Waals surface area contributed by atoms with Crippen LogP contribution in [-0.4, -0.2) is 0 Å². The van der Waals surface area contributed by atoms with Crippen LogP contribution in [0.1, 0.15) is 25.0 Å². The minimum absolute atomic E-state index is 0. The Balaban J connectivity index is 0.00000121. The second kappa shape index (κ2) is 5.23. The van der Waals surface area contributed by atoms with E-state index in [1.165, 1.54) is 11.1 Å². The van der Waals surface area contributed by atoms with Crippen molar-refractivity contribution in [3.63, 3.8) is 0 Å². The molecule has 0 spiro atoms. The van der Waals surface area contributed by atoms with E-state index in [1.807, 2.05) is 0 Å². The summed E-state index contributed by atoms with van der Waals surface area (Å²) in [5.74, 6) is 0. The Morgan fingerprint density at radius 1 is 1.08 bits per heavy atom. The van der Waals surface area contributed by atoms with Gasteiger partial charge in [-0.05, 0) is 24.0 Å². The van der Waals surface area contributed by atoms with E-state index in [9.17, 15) is 0 Å². The number of para-hydroxylation sites is 1. The Morgan fingerprint density at radius 3 is 1.83 bits per heavy atom. The number of anilines is 1. The van der Waals surface area contributed by atoms with E-state index in [2.05, 4.69) is 32.0 Å². The van der Waals surface area contributed by atoms with Gasteiger partial charge in [0, 0.05) is 5.69 Å². The van der Waals surface area contributed by atoms with Crippen molar-refractivity contribution in [2.24, 2.45) is 0 Å². The van der Waals surface area contributed by atoms with E-state index in [0.717, 1.165) is 18.5 Å². The summed E-state index contributed by atoms with van der Waals surface area (Å²) in [6, 6.07) is 6.26. The van der Waals surface area contributed by atoms with E-state index < -0.39 is 0 Å². The molecule has 2 heteroatoms. The van der Waals surface area contributed by atoms with E-state index >= 15 is 0 Å². The van der Waals surface area contributed by atoms with Gasteiger partial charge in [0.2, 0.25) is 0 Å². The summed E-state index contributed by atoms with van der Waals surface area (Å²) in [6.45, 7) is 4.26. The number of benzene rings is 1. The number of aryl methyl sites for hydroxylation is 2. The normalized spacial score (nSPS) is 9.17. The van der Waals surface area contributed by atoms with E-state index in [-0.39, 0.29) is 17.1 Å². The summed E-state index contributed by atoms with van der Waals surface area (Å²) < 4.78 is 0. The molecule has 0 saturated carbocycles. The summed E-state index contributed by atoms with van der Waals surface area (Å²) in [4.78, 5) is 0. The average molecular weight is 205 g/mol. The van der Waals surface area contributed by atoms with Crippen molar-refractivity contribution in [3.8, 4) is 0 Å². The Hall–Kier alpha value is -0.461. The second-order valence-electron chi connectivity index (χ2n) is 2.70. The zero-order valence-electron chi connectivity index (χ0n) is 7.58. The summed E-state index contributed by atoms with van der Waals surface area (Å²) in [6.07, 6.45) is 2.05. The zero-order chi connectivity index (χ0) is 8.27. The Labute approximate surface area is 84.8 Å². The molecule has 1 aromatic carbocycles. The maximum atomic E-state index is 5.90. The van der Waals surface area contributed by atoms with Gasteiger partial charge in [-0.25, -0.2) is 0 Å². The van der Waals surface area contributed by atoms with Crippen molar-refractivity contribution in [1.29, 1.82) is 0 Å². The largest absolute Gasteiger partial charge is 2.00 e. The monoisotopic (exact) mass is 205 g/mol. The first-order chi connectivity index (χ1) is 5.29. The molecule has 1 nitrogen and oxygen atoms in total. The molecule has 0 aromatic heterocycles. The quantitative estimate of drug-likeness (QED) is 0.582. The van der Waals surface area contributed by atoms with Crippen LogP contribution in [0.15, 0.2) is 18.2 Å². The number of hydrogen-bond donors (Lipinski definition) is 1. The van der Waals surface area contributed by atoms with Gasteiger partial charge in [-0.3, -0.25) is 0 Å². The predicted molar refractivity (Wildman–Crippen MR) is 49.6 cm³/mol. The fraction of sp³-hybridized carbons (Fsp3) is 0.400. The molecule has 0 bridgehead atoms. The van der Waals surface area contributed by atoms with Gasteiger partial charge in [0.1, 0.15) is 0 Å². The maximum Gasteiger partial charge on any atom is 2.00 e. The van der Waals surface area contributed by atoms with Crippen LogP contribution >= 0.6 is 0 Å². The first kappa shape index (κ1) is 11.5. The van der Waals surface area contributed by atoms with Gasteiger partial charge < -0.3 is 5.73 Å². The number of nitrogen functional groups attached to an aromatic ring is 1. The van der Waals surface area contributed by atoms with E-state index in [0.29, 0.717) is 0 Å². The van der Waals surface area contributed by atoms with Crippen molar-refractivity contribution in [2.45, 2.75) is 26.7 Å². The maximum absolute atomic E-state index is 5.90. The molecule has 0 radical (unpaired) electrons. The summed E-state index contributed by atoms with van der Waals surface area (Å²) >= 11 is 0. The fourth-order valence-electron chi connectivity index (χ4n) is 1.28. The number of nitrogens with two attached hydrogens (primary N) is 1. The van der Waals surface area contributed by atoms with Gasteiger partial charge in [-0.15, -0.1) is 0 Å². The van der Waals surface area contributed by atoms with Crippen LogP contribution in [-0.2, 0) is 29.9 Å². The SMILES string of the molecule is CCc1cccc(CC)c1N.[Fe+2]. The summed E-state index contributed by atoms with van der Waals surface area (Å²) in [5.41, 5.74) is 9.42. The second-order valence-corrected chi connectivity index (χ2v) is 2.70. The third kappa shape index (κ3) is 2.26. The molecular weight excluding hydrogens is 190 g/mol. The Morgan fingerprint density at radius 2 is 1.50 bits per heavy atom. The molecule has 2 N–H and O–H groups in total. The Kier molecular flexibility index (Phi) is 5.03. The van der Waals surface area contributed by atoms with Gasteiger partial charge in [-0.1, -0.05) is 32.0 Å². The molecule has 0 atom stereocenters. The van der Waals surface area contributed by atoms with Crippen LogP contribution in [0, 0.1) is 0 Å². The van der Waals surface area contributed by atoms with E-state index in [4.69, 9.17) is 5.73 Å². The van der Waals surface area contributed by atoms with Gasteiger partial charge in [0.25, 0.3) is 0 Å². The number of rotatable bonds is 2. The van der Waals surface area contributed by atoms with Crippen molar-refractivity contribution in [1.82, 2.24) is 0 Å². The molecule has 0 aliphatic heterocycles. The third-order valence-corrected chi connectivity index (χ3v) is 2.05. The standard InChI is InChI=1S/C10H15N.Fe/c1-3-8-6-5-7-9(4-2)10(8)11;/h5-7H,3-4,11H2,1-2H3;/q;+2.